The van der Waals surface area contributed by atoms with Gasteiger partial charge < -0.3 is 4.52 Å². The molecule has 0 atom stereocenters. The van der Waals surface area contributed by atoms with Crippen LogP contribution in [0.3, 0.4) is 0 Å². The summed E-state index contributed by atoms with van der Waals surface area (Å²) in [6, 6.07) is 9.94. The standard InChI is InChI=1S/C20H19N5O2S/c1-10(2)13-5-7-14(8-6-13)19-23-24-20(28-19)22-17(26)15-9-11(3)21-18-16(15)12(4)25-27-18/h5-10H,1-4H3,(H,22,24,26). The van der Waals surface area contributed by atoms with E-state index in [0.29, 0.717) is 39.1 Å². The van der Waals surface area contributed by atoms with Gasteiger partial charge in [0.1, 0.15) is 5.01 Å². The highest BCUT2D eigenvalue weighted by atomic mass is 32.1. The van der Waals surface area contributed by atoms with E-state index in [1.165, 1.54) is 16.9 Å². The molecule has 0 spiro atoms. The summed E-state index contributed by atoms with van der Waals surface area (Å²) in [6.07, 6.45) is 0. The highest BCUT2D eigenvalue weighted by Gasteiger charge is 2.19. The van der Waals surface area contributed by atoms with Gasteiger partial charge >= 0.3 is 0 Å². The SMILES string of the molecule is Cc1cc(C(=O)Nc2nnc(-c3ccc(C(C)C)cc3)s2)c2c(C)noc2n1. The number of amides is 1. The van der Waals surface area contributed by atoms with E-state index in [1.807, 2.05) is 12.1 Å². The molecule has 0 saturated heterocycles. The lowest BCUT2D eigenvalue weighted by Gasteiger charge is -2.05. The number of fused-ring (bicyclic) bond motifs is 1. The van der Waals surface area contributed by atoms with Crippen molar-refractivity contribution in [2.75, 3.05) is 5.32 Å². The number of rotatable bonds is 4. The smallest absolute Gasteiger partial charge is 0.258 e. The number of anilines is 1. The average molecular weight is 393 g/mol. The van der Waals surface area contributed by atoms with Crippen LogP contribution in [0.4, 0.5) is 5.13 Å². The summed E-state index contributed by atoms with van der Waals surface area (Å²) in [7, 11) is 0. The van der Waals surface area contributed by atoms with Gasteiger partial charge in [-0.2, -0.15) is 0 Å². The summed E-state index contributed by atoms with van der Waals surface area (Å²) in [6.45, 7) is 7.90. The summed E-state index contributed by atoms with van der Waals surface area (Å²) in [4.78, 5) is 17.1. The first-order chi connectivity index (χ1) is 13.4. The first-order valence-corrected chi connectivity index (χ1v) is 9.73. The molecule has 3 aromatic heterocycles. The molecule has 4 aromatic rings. The molecule has 7 nitrogen and oxygen atoms in total. The van der Waals surface area contributed by atoms with Gasteiger partial charge in [0.05, 0.1) is 16.6 Å². The van der Waals surface area contributed by atoms with Crippen LogP contribution in [-0.4, -0.2) is 26.2 Å². The monoisotopic (exact) mass is 393 g/mol. The normalized spacial score (nSPS) is 11.3. The lowest BCUT2D eigenvalue weighted by atomic mass is 10.0. The lowest BCUT2D eigenvalue weighted by molar-refractivity contribution is 0.102. The molecule has 1 amide bonds. The van der Waals surface area contributed by atoms with Crippen molar-refractivity contribution in [2.45, 2.75) is 33.6 Å². The Hall–Kier alpha value is -3.13. The van der Waals surface area contributed by atoms with E-state index in [2.05, 4.69) is 51.6 Å². The highest BCUT2D eigenvalue weighted by Crippen LogP contribution is 2.29. The van der Waals surface area contributed by atoms with Crippen LogP contribution in [0.1, 0.15) is 47.1 Å². The summed E-state index contributed by atoms with van der Waals surface area (Å²) < 4.78 is 5.19. The molecule has 0 aliphatic carbocycles. The minimum Gasteiger partial charge on any atom is -0.336 e. The Morgan fingerprint density at radius 1 is 1.14 bits per heavy atom. The largest absolute Gasteiger partial charge is 0.336 e. The van der Waals surface area contributed by atoms with Gasteiger partial charge in [-0.15, -0.1) is 10.2 Å². The molecular weight excluding hydrogens is 374 g/mol. The predicted octanol–water partition coefficient (Wildman–Crippen LogP) is 4.73. The zero-order valence-corrected chi connectivity index (χ0v) is 16.8. The Kier molecular flexibility index (Phi) is 4.64. The van der Waals surface area contributed by atoms with Gasteiger partial charge in [0.2, 0.25) is 5.13 Å². The molecule has 0 bridgehead atoms. The maximum Gasteiger partial charge on any atom is 0.258 e. The summed E-state index contributed by atoms with van der Waals surface area (Å²) in [5, 5.41) is 16.8. The molecule has 0 aliphatic heterocycles. The van der Waals surface area contributed by atoms with E-state index in [1.54, 1.807) is 19.9 Å². The molecule has 0 aliphatic rings. The molecule has 28 heavy (non-hydrogen) atoms. The fraction of sp³-hybridized carbons (Fsp3) is 0.250. The van der Waals surface area contributed by atoms with Gasteiger partial charge in [0, 0.05) is 11.3 Å². The van der Waals surface area contributed by atoms with Crippen molar-refractivity contribution in [1.82, 2.24) is 20.3 Å². The minimum atomic E-state index is -0.292. The number of aromatic nitrogens is 4. The highest BCUT2D eigenvalue weighted by molar-refractivity contribution is 7.18. The molecule has 8 heteroatoms. The van der Waals surface area contributed by atoms with Crippen LogP contribution in [0.2, 0.25) is 0 Å². The van der Waals surface area contributed by atoms with Crippen LogP contribution >= 0.6 is 11.3 Å². The van der Waals surface area contributed by atoms with E-state index in [9.17, 15) is 4.79 Å². The van der Waals surface area contributed by atoms with Crippen molar-refractivity contribution in [3.63, 3.8) is 0 Å². The van der Waals surface area contributed by atoms with Gasteiger partial charge in [-0.1, -0.05) is 54.6 Å². The first-order valence-electron chi connectivity index (χ1n) is 8.91. The first kappa shape index (κ1) is 18.2. The number of aryl methyl sites for hydroxylation is 2. The Balaban J connectivity index is 1.59. The minimum absolute atomic E-state index is 0.292. The van der Waals surface area contributed by atoms with E-state index >= 15 is 0 Å². The third kappa shape index (κ3) is 3.38. The number of nitrogens with one attached hydrogen (secondary N) is 1. The number of carbonyl (C=O) groups is 1. The maximum atomic E-state index is 12.8. The molecule has 1 N–H and O–H groups in total. The fourth-order valence-corrected chi connectivity index (χ4v) is 3.71. The fourth-order valence-electron chi connectivity index (χ4n) is 2.96. The Morgan fingerprint density at radius 2 is 1.89 bits per heavy atom. The number of nitrogens with zero attached hydrogens (tertiary/aromatic N) is 4. The number of pyridine rings is 1. The molecule has 4 rings (SSSR count). The Morgan fingerprint density at radius 3 is 2.61 bits per heavy atom. The zero-order valence-electron chi connectivity index (χ0n) is 16.0. The van der Waals surface area contributed by atoms with Crippen LogP contribution in [0.25, 0.3) is 21.7 Å². The van der Waals surface area contributed by atoms with Crippen LogP contribution in [0.15, 0.2) is 34.9 Å². The van der Waals surface area contributed by atoms with Crippen molar-refractivity contribution in [1.29, 1.82) is 0 Å². The van der Waals surface area contributed by atoms with Crippen molar-refractivity contribution >= 4 is 33.5 Å². The van der Waals surface area contributed by atoms with Gasteiger partial charge in [-0.25, -0.2) is 4.98 Å². The van der Waals surface area contributed by atoms with Crippen molar-refractivity contribution in [3.05, 3.63) is 52.8 Å². The summed E-state index contributed by atoms with van der Waals surface area (Å²) in [5.74, 6) is 0.180. The lowest BCUT2D eigenvalue weighted by Crippen LogP contribution is -2.13. The average Bonchev–Trinajstić information content (AvgIpc) is 3.28. The third-order valence-corrected chi connectivity index (χ3v) is 5.35. The predicted molar refractivity (Wildman–Crippen MR) is 109 cm³/mol. The van der Waals surface area contributed by atoms with E-state index in [-0.39, 0.29) is 5.91 Å². The quantitative estimate of drug-likeness (QED) is 0.538. The summed E-state index contributed by atoms with van der Waals surface area (Å²) >= 11 is 1.33. The number of hydrogen-bond acceptors (Lipinski definition) is 7. The number of carbonyl (C=O) groups excluding carboxylic acids is 1. The Bertz CT molecular complexity index is 1160. The second-order valence-corrected chi connectivity index (χ2v) is 7.88. The van der Waals surface area contributed by atoms with Crippen LogP contribution < -0.4 is 5.32 Å². The second kappa shape index (κ2) is 7.12. The number of benzene rings is 1. The molecule has 0 unspecified atom stereocenters. The molecular formula is C20H19N5O2S. The van der Waals surface area contributed by atoms with Gasteiger partial charge in [-0.05, 0) is 31.4 Å². The van der Waals surface area contributed by atoms with Crippen molar-refractivity contribution in [3.8, 4) is 10.6 Å². The molecule has 3 heterocycles. The maximum absolute atomic E-state index is 12.8. The number of hydrogen-bond donors (Lipinski definition) is 1. The van der Waals surface area contributed by atoms with E-state index in [4.69, 9.17) is 4.52 Å². The van der Waals surface area contributed by atoms with Gasteiger partial charge in [0.25, 0.3) is 11.6 Å². The molecule has 0 fully saturated rings. The Labute approximate surface area is 165 Å². The molecule has 0 radical (unpaired) electrons. The van der Waals surface area contributed by atoms with E-state index < -0.39 is 0 Å². The van der Waals surface area contributed by atoms with Crippen molar-refractivity contribution in [2.24, 2.45) is 0 Å². The zero-order chi connectivity index (χ0) is 19.8. The third-order valence-electron chi connectivity index (χ3n) is 4.46. The molecule has 1 aromatic carbocycles. The second-order valence-electron chi connectivity index (χ2n) is 6.90. The topological polar surface area (TPSA) is 93.8 Å². The van der Waals surface area contributed by atoms with Crippen LogP contribution in [0, 0.1) is 13.8 Å². The molecule has 142 valence electrons. The van der Waals surface area contributed by atoms with Gasteiger partial charge in [-0.3, -0.25) is 10.1 Å². The van der Waals surface area contributed by atoms with E-state index in [0.717, 1.165) is 10.6 Å². The molecule has 0 saturated carbocycles. The summed E-state index contributed by atoms with van der Waals surface area (Å²) in [5.41, 5.74) is 4.35. The van der Waals surface area contributed by atoms with Crippen LogP contribution in [-0.2, 0) is 0 Å². The van der Waals surface area contributed by atoms with Crippen molar-refractivity contribution < 1.29 is 9.32 Å². The van der Waals surface area contributed by atoms with Gasteiger partial charge in [0.15, 0.2) is 0 Å². The van der Waals surface area contributed by atoms with Crippen LogP contribution in [0.5, 0.6) is 0 Å².